The molecular formula is C74H154N9O8P. The Kier molecular flexibility index (Phi) is 34.1. The van der Waals surface area contributed by atoms with E-state index in [2.05, 4.69) is 162 Å². The maximum atomic E-state index is 11.1. The van der Waals surface area contributed by atoms with Crippen LogP contribution >= 0.6 is 9.39 Å². The van der Waals surface area contributed by atoms with Crippen LogP contribution in [0.25, 0.3) is 10.4 Å². The van der Waals surface area contributed by atoms with Crippen LogP contribution in [-0.2, 0) is 23.7 Å². The van der Waals surface area contributed by atoms with Crippen LogP contribution in [0.1, 0.15) is 309 Å². The summed E-state index contributed by atoms with van der Waals surface area (Å²) >= 11 is 0. The quantitative estimate of drug-likeness (QED) is 0.0190. The van der Waals surface area contributed by atoms with Gasteiger partial charge in [0.15, 0.2) is 0 Å². The van der Waals surface area contributed by atoms with E-state index in [1.807, 2.05) is 138 Å². The second-order valence-corrected chi connectivity index (χ2v) is 33.9. The standard InChI is InChI=1S/C15H30N2O.C10H19NO.C8H15N3O.C8H18NOP.C8H17NO.C8H16O2.C8H16O.C5H11N.2C2H6/c1-7-16-13(2,3)15(6,18)14(4,5)17-11-9-8-10-12-17;1-7-11-8(2,3)10(6)9(4,5)12-10;1-6(2,10-11-9)8(5)7(3,4)12-8;1-6(2,9-11)8(5)7(3,4)10-8;2*1-6(2,9)8(5)7(3,4)10-8;1-6(2)7(3)8(4,5)9;1-2-4-6-5-3-1;2*1-2/h7,16,18H,1,8-12H2,2-6H3;7,11H,1H2,2-6H3;1-5H3;9H,11H2,1-5H3;9H2,1-5H3;9H,1-5H3;9H,1-5H3;6H,1-5H2;2*1-2H3. The molecule has 0 saturated carbocycles. The van der Waals surface area contributed by atoms with Crippen LogP contribution in [0.5, 0.6) is 0 Å². The van der Waals surface area contributed by atoms with Crippen molar-refractivity contribution in [1.82, 2.24) is 25.9 Å². The van der Waals surface area contributed by atoms with Gasteiger partial charge in [0.2, 0.25) is 0 Å². The smallest absolute Gasteiger partial charge is 0.123 e. The minimum Gasteiger partial charge on any atom is -0.387 e. The third-order valence-corrected chi connectivity index (χ3v) is 23.5. The highest BCUT2D eigenvalue weighted by Gasteiger charge is 2.70. The van der Waals surface area contributed by atoms with E-state index in [1.165, 1.54) is 57.2 Å². The molecule has 7 unspecified atom stereocenters. The minimum absolute atomic E-state index is 0.0140. The summed E-state index contributed by atoms with van der Waals surface area (Å²) in [7, 11) is 2.55. The van der Waals surface area contributed by atoms with E-state index in [9.17, 15) is 15.3 Å². The molecule has 7 atom stereocenters. The molecule has 548 valence electrons. The van der Waals surface area contributed by atoms with E-state index < -0.39 is 27.9 Å². The third-order valence-electron chi connectivity index (χ3n) is 22.8. The zero-order chi connectivity index (χ0) is 74.5. The maximum Gasteiger partial charge on any atom is 0.123 e. The Morgan fingerprint density at radius 2 is 0.848 bits per heavy atom. The average molecular weight is 1330 g/mol. The van der Waals surface area contributed by atoms with Crippen LogP contribution in [0.2, 0.25) is 0 Å². The lowest BCUT2D eigenvalue weighted by molar-refractivity contribution is -0.133. The molecule has 7 aliphatic heterocycles. The van der Waals surface area contributed by atoms with E-state index in [0.29, 0.717) is 0 Å². The molecule has 7 fully saturated rings. The van der Waals surface area contributed by atoms with Gasteiger partial charge < -0.3 is 60.7 Å². The molecule has 0 aromatic carbocycles. The monoisotopic (exact) mass is 1330 g/mol. The van der Waals surface area contributed by atoms with Gasteiger partial charge in [-0.2, -0.15) is 0 Å². The number of ether oxygens (including phenoxy) is 5. The van der Waals surface area contributed by atoms with Gasteiger partial charge in [0.05, 0.1) is 55.8 Å². The zero-order valence-electron chi connectivity index (χ0n) is 67.5. The van der Waals surface area contributed by atoms with Crippen molar-refractivity contribution in [2.75, 3.05) is 26.2 Å². The first-order valence-electron chi connectivity index (χ1n) is 34.6. The van der Waals surface area contributed by atoms with Crippen molar-refractivity contribution in [3.05, 3.63) is 47.1 Å². The van der Waals surface area contributed by atoms with Crippen LogP contribution in [0.15, 0.2) is 41.8 Å². The number of azide groups is 1. The van der Waals surface area contributed by atoms with Crippen molar-refractivity contribution < 1.29 is 39.0 Å². The third kappa shape index (κ3) is 22.8. The molecule has 0 aromatic rings. The Hall–Kier alpha value is -1.92. The Balaban J connectivity index is -0.000000989. The zero-order valence-corrected chi connectivity index (χ0v) is 68.6. The summed E-state index contributed by atoms with van der Waals surface area (Å²) in [6.07, 6.45) is 11.4. The van der Waals surface area contributed by atoms with Gasteiger partial charge in [0, 0.05) is 21.5 Å². The number of aliphatic hydroxyl groups is 3. The maximum absolute atomic E-state index is 11.1. The molecule has 0 aromatic heterocycles. The predicted molar refractivity (Wildman–Crippen MR) is 397 cm³/mol. The fourth-order valence-electron chi connectivity index (χ4n) is 11.9. The lowest BCUT2D eigenvalue weighted by Gasteiger charge is -2.55. The van der Waals surface area contributed by atoms with Crippen molar-refractivity contribution in [3.63, 3.8) is 0 Å². The van der Waals surface area contributed by atoms with Gasteiger partial charge in [-0.05, 0) is 304 Å². The molecule has 0 amide bonds. The minimum atomic E-state index is -0.856. The number of hydrogen-bond donors (Lipinski definition) is 8. The van der Waals surface area contributed by atoms with Crippen LogP contribution < -0.4 is 26.8 Å². The number of piperidine rings is 2. The van der Waals surface area contributed by atoms with Crippen LogP contribution in [0, 0.1) is 0 Å². The number of allylic oxidation sites excluding steroid dienone is 1. The molecule has 7 saturated heterocycles. The Labute approximate surface area is 570 Å². The van der Waals surface area contributed by atoms with E-state index in [4.69, 9.17) is 34.9 Å². The highest BCUT2D eigenvalue weighted by atomic mass is 31.0. The van der Waals surface area contributed by atoms with Gasteiger partial charge in [0.1, 0.15) is 33.6 Å². The summed E-state index contributed by atoms with van der Waals surface area (Å²) in [5.41, 5.74) is 11.5. The number of nitrogens with one attached hydrogen (secondary N) is 4. The van der Waals surface area contributed by atoms with Crippen LogP contribution in [0.3, 0.4) is 0 Å². The number of rotatable bonds is 15. The molecular weight excluding hydrogens is 1170 g/mol. The van der Waals surface area contributed by atoms with Crippen molar-refractivity contribution in [3.8, 4) is 0 Å². The van der Waals surface area contributed by atoms with Crippen LogP contribution in [0.4, 0.5) is 0 Å². The van der Waals surface area contributed by atoms with Crippen molar-refractivity contribution in [2.45, 2.75) is 415 Å². The Morgan fingerprint density at radius 1 is 0.533 bits per heavy atom. The highest BCUT2D eigenvalue weighted by Crippen LogP contribution is 2.57. The summed E-state index contributed by atoms with van der Waals surface area (Å²) in [6, 6.07) is 0. The summed E-state index contributed by atoms with van der Waals surface area (Å²) < 4.78 is 27.9. The highest BCUT2D eigenvalue weighted by molar-refractivity contribution is 7.13. The fourth-order valence-corrected chi connectivity index (χ4v) is 12.2. The topological polar surface area (TPSA) is 249 Å². The molecule has 17 nitrogen and oxygen atoms in total. The largest absolute Gasteiger partial charge is 0.387 e. The average Bonchev–Trinajstić information content (AvgIpc) is 1.56. The number of epoxide rings is 5. The fraction of sp³-hybridized carbons (Fsp3) is 0.919. The molecule has 7 rings (SSSR count). The molecule has 0 aliphatic carbocycles. The molecule has 92 heavy (non-hydrogen) atoms. The van der Waals surface area contributed by atoms with Crippen molar-refractivity contribution in [1.29, 1.82) is 0 Å². The summed E-state index contributed by atoms with van der Waals surface area (Å²) in [6.45, 7) is 90.6. The summed E-state index contributed by atoms with van der Waals surface area (Å²) in [5.74, 6) is 0. The Bertz CT molecular complexity index is 2290. The first-order valence-corrected chi connectivity index (χ1v) is 35.2. The van der Waals surface area contributed by atoms with Gasteiger partial charge in [-0.3, -0.25) is 9.99 Å². The molecule has 0 bridgehead atoms. The molecule has 0 spiro atoms. The van der Waals surface area contributed by atoms with Gasteiger partial charge in [-0.1, -0.05) is 87.6 Å². The van der Waals surface area contributed by atoms with Crippen molar-refractivity contribution in [2.24, 2.45) is 10.8 Å². The molecule has 7 heterocycles. The number of nitrogens with zero attached hydrogens (tertiary/aromatic N) is 4. The van der Waals surface area contributed by atoms with Crippen LogP contribution in [-0.4, -0.2) is 152 Å². The second kappa shape index (κ2) is 33.3. The van der Waals surface area contributed by atoms with E-state index in [-0.39, 0.29) is 78.2 Å². The van der Waals surface area contributed by atoms with Gasteiger partial charge in [-0.15, -0.1) is 0 Å². The van der Waals surface area contributed by atoms with Gasteiger partial charge >= 0.3 is 0 Å². The van der Waals surface area contributed by atoms with E-state index >= 15 is 0 Å². The van der Waals surface area contributed by atoms with E-state index in [1.54, 1.807) is 40.1 Å². The number of likely N-dealkylation sites (tertiary alicyclic amines) is 1. The lowest BCUT2D eigenvalue weighted by atomic mass is 9.70. The molecule has 18 heteroatoms. The molecule has 9 N–H and O–H groups in total. The molecule has 7 aliphatic rings. The molecule has 0 radical (unpaired) electrons. The normalized spacial score (nSPS) is 28.1. The number of hydrogen-bond acceptors (Lipinski definition) is 15. The predicted octanol–water partition coefficient (Wildman–Crippen LogP) is 16.5. The Morgan fingerprint density at radius 3 is 1.02 bits per heavy atom. The summed E-state index contributed by atoms with van der Waals surface area (Å²) in [5, 5.41) is 46.8. The lowest BCUT2D eigenvalue weighted by Crippen LogP contribution is -2.71. The van der Waals surface area contributed by atoms with E-state index in [0.717, 1.165) is 18.7 Å². The SMILES string of the molecule is C1CCNCC1.C=CNC(C)(C)C(C)(O)C(C)(C)N1CCCCC1.C=CNC(C)(C)C1(C)OC1(C)C.CC.CC.CC(C)(N)C1(C)OC1(C)C.CC(C)(N=[N+]=[N-])C1(C)OC1(C)C.CC(C)(NP)C1(C)OC1(C)C.CC(C)(O)C1(C)OC1(C)C.CC(C)=C(C)C(C)(C)O. The summed E-state index contributed by atoms with van der Waals surface area (Å²) in [4.78, 5) is 5.24. The first kappa shape index (κ1) is 94.3. The van der Waals surface area contributed by atoms with Gasteiger partial charge in [-0.25, -0.2) is 0 Å². The van der Waals surface area contributed by atoms with Gasteiger partial charge in [0.25, 0.3) is 0 Å². The second-order valence-electron chi connectivity index (χ2n) is 33.6. The first-order chi connectivity index (χ1) is 40.7. The van der Waals surface area contributed by atoms with Crippen molar-refractivity contribution >= 4 is 9.39 Å². The number of nitrogens with two attached hydrogens (primary N) is 1.